The minimum absolute atomic E-state index is 0.213. The van der Waals surface area contributed by atoms with Crippen molar-refractivity contribution < 1.29 is 17.6 Å². The van der Waals surface area contributed by atoms with Gasteiger partial charge in [0.2, 0.25) is 15.7 Å². The second kappa shape index (κ2) is 9.78. The lowest BCUT2D eigenvalue weighted by Crippen LogP contribution is -2.32. The molecule has 1 aromatic carbocycles. The molecule has 0 unspecified atom stereocenters. The van der Waals surface area contributed by atoms with Gasteiger partial charge in [-0.3, -0.25) is 9.10 Å². The molecule has 34 heavy (non-hydrogen) atoms. The maximum Gasteiger partial charge on any atom is 0.255 e. The first kappa shape index (κ1) is 24.3. The van der Waals surface area contributed by atoms with Gasteiger partial charge < -0.3 is 9.73 Å². The summed E-state index contributed by atoms with van der Waals surface area (Å²) in [6, 6.07) is 9.78. The molecule has 7 nitrogen and oxygen atoms in total. The van der Waals surface area contributed by atoms with Gasteiger partial charge in [-0.1, -0.05) is 37.6 Å². The molecular weight excluding hydrogens is 450 g/mol. The van der Waals surface area contributed by atoms with E-state index >= 15 is 0 Å². The molecule has 1 fully saturated rings. The number of pyridine rings is 1. The van der Waals surface area contributed by atoms with Crippen molar-refractivity contribution >= 4 is 32.8 Å². The third-order valence-electron chi connectivity index (χ3n) is 6.24. The van der Waals surface area contributed by atoms with E-state index in [1.165, 1.54) is 16.1 Å². The number of hydrogen-bond acceptors (Lipinski definition) is 5. The second-order valence-electron chi connectivity index (χ2n) is 8.79. The molecule has 1 amide bonds. The summed E-state index contributed by atoms with van der Waals surface area (Å²) in [5, 5.41) is 3.30. The van der Waals surface area contributed by atoms with Crippen LogP contribution in [0.25, 0.3) is 22.4 Å². The van der Waals surface area contributed by atoms with Crippen LogP contribution in [0.15, 0.2) is 34.7 Å². The molecular formula is C26H31N3O4S. The lowest BCUT2D eigenvalue weighted by Gasteiger charge is -2.23. The highest BCUT2D eigenvalue weighted by molar-refractivity contribution is 7.92. The molecule has 2 radical (unpaired) electrons. The van der Waals surface area contributed by atoms with Crippen LogP contribution in [0, 0.1) is 6.92 Å². The molecule has 8 heteroatoms. The molecule has 1 N–H and O–H groups in total. The van der Waals surface area contributed by atoms with Crippen LogP contribution in [-0.4, -0.2) is 39.2 Å². The largest absolute Gasteiger partial charge is 0.437 e. The summed E-state index contributed by atoms with van der Waals surface area (Å²) in [5.74, 6) is 0.759. The normalized spacial score (nSPS) is 13.9. The molecule has 180 valence electrons. The summed E-state index contributed by atoms with van der Waals surface area (Å²) >= 11 is 0. The second-order valence-corrected chi connectivity index (χ2v) is 10.7. The van der Waals surface area contributed by atoms with Gasteiger partial charge in [-0.15, -0.1) is 0 Å². The zero-order valence-electron chi connectivity index (χ0n) is 19.9. The molecule has 0 aliphatic heterocycles. The number of carbonyl (C=O) groups is 1. The quantitative estimate of drug-likeness (QED) is 0.414. The number of amides is 1. The molecule has 3 aromatic rings. The number of benzene rings is 1. The Bertz CT molecular complexity index is 1290. The molecule has 1 saturated carbocycles. The molecule has 4 rings (SSSR count). The summed E-state index contributed by atoms with van der Waals surface area (Å²) in [4.78, 5) is 17.6. The van der Waals surface area contributed by atoms with Crippen molar-refractivity contribution in [2.75, 3.05) is 24.2 Å². The fourth-order valence-corrected chi connectivity index (χ4v) is 5.12. The van der Waals surface area contributed by atoms with Crippen LogP contribution in [0.3, 0.4) is 0 Å². The fraction of sp³-hybridized carbons (Fsp3) is 0.423. The average molecular weight is 482 g/mol. The van der Waals surface area contributed by atoms with E-state index in [2.05, 4.69) is 12.2 Å². The standard InChI is InChI=1S/C26H31N3O4S/c1-5-7-8-15-29(34(4,31)32)24-20(18-13-14-18)16-21-22(25(30)27-3)23(33-26(21)28-24)19-11-9-17(6-2)10-12-19/h1,9-12,16,18H,5-8,13-15H2,2-4H3,(H,27,30). The fourth-order valence-electron chi connectivity index (χ4n) is 4.20. The molecule has 2 aromatic heterocycles. The van der Waals surface area contributed by atoms with E-state index in [-0.39, 0.29) is 17.5 Å². The first-order valence-corrected chi connectivity index (χ1v) is 13.6. The summed E-state index contributed by atoms with van der Waals surface area (Å²) in [6.07, 6.45) is 5.85. The predicted octanol–water partition coefficient (Wildman–Crippen LogP) is 4.94. The van der Waals surface area contributed by atoms with Gasteiger partial charge in [0.1, 0.15) is 11.6 Å². The third-order valence-corrected chi connectivity index (χ3v) is 7.39. The molecule has 2 heterocycles. The highest BCUT2D eigenvalue weighted by atomic mass is 32.2. The smallest absolute Gasteiger partial charge is 0.255 e. The molecule has 1 aliphatic carbocycles. The van der Waals surface area contributed by atoms with Crippen molar-refractivity contribution in [3.8, 4) is 11.3 Å². The Balaban J connectivity index is 1.92. The van der Waals surface area contributed by atoms with Crippen molar-refractivity contribution in [1.29, 1.82) is 0 Å². The zero-order valence-corrected chi connectivity index (χ0v) is 20.7. The number of nitrogens with one attached hydrogen (secondary N) is 1. The van der Waals surface area contributed by atoms with E-state index in [1.807, 2.05) is 30.3 Å². The van der Waals surface area contributed by atoms with Gasteiger partial charge in [0.05, 0.1) is 17.2 Å². The van der Waals surface area contributed by atoms with Crippen LogP contribution in [0.1, 0.15) is 66.4 Å². The number of sulfonamides is 1. The van der Waals surface area contributed by atoms with Crippen LogP contribution in [-0.2, 0) is 16.4 Å². The Morgan fingerprint density at radius 2 is 1.94 bits per heavy atom. The van der Waals surface area contributed by atoms with E-state index in [9.17, 15) is 13.2 Å². The van der Waals surface area contributed by atoms with Crippen molar-refractivity contribution in [3.05, 3.63) is 53.9 Å². The van der Waals surface area contributed by atoms with Crippen LogP contribution >= 0.6 is 0 Å². The van der Waals surface area contributed by atoms with Gasteiger partial charge in [0, 0.05) is 19.2 Å². The number of fused-ring (bicyclic) bond motifs is 1. The summed E-state index contributed by atoms with van der Waals surface area (Å²) in [5.41, 5.74) is 3.45. The summed E-state index contributed by atoms with van der Waals surface area (Å²) < 4.78 is 33.0. The SMILES string of the molecule is [CH]CCCCN(c1nc2oc(-c3ccc(CC)cc3)c(C(=O)NC)c2cc1C1CC1)S(C)(=O)=O. The molecule has 1 aliphatic rings. The first-order valence-electron chi connectivity index (χ1n) is 11.7. The van der Waals surface area contributed by atoms with E-state index in [1.54, 1.807) is 7.05 Å². The monoisotopic (exact) mass is 481 g/mol. The number of rotatable bonds is 10. The topological polar surface area (TPSA) is 92.5 Å². The van der Waals surface area contributed by atoms with Crippen LogP contribution in [0.2, 0.25) is 0 Å². The van der Waals surface area contributed by atoms with Crippen molar-refractivity contribution in [2.24, 2.45) is 0 Å². The number of aromatic nitrogens is 1. The maximum absolute atomic E-state index is 12.9. The molecule has 0 saturated heterocycles. The summed E-state index contributed by atoms with van der Waals surface area (Å²) in [7, 11) is -1.99. The lowest BCUT2D eigenvalue weighted by molar-refractivity contribution is 0.0964. The number of aryl methyl sites for hydroxylation is 1. The number of unbranched alkanes of at least 4 members (excludes halogenated alkanes) is 2. The number of carbonyl (C=O) groups excluding carboxylic acids is 1. The predicted molar refractivity (Wildman–Crippen MR) is 135 cm³/mol. The van der Waals surface area contributed by atoms with E-state index in [4.69, 9.17) is 16.3 Å². The van der Waals surface area contributed by atoms with Gasteiger partial charge in [-0.25, -0.2) is 8.42 Å². The minimum Gasteiger partial charge on any atom is -0.437 e. The minimum atomic E-state index is -3.57. The average Bonchev–Trinajstić information content (AvgIpc) is 3.60. The Labute approximate surface area is 201 Å². The number of nitrogens with zero attached hydrogens (tertiary/aromatic N) is 2. The Morgan fingerprint density at radius 1 is 1.24 bits per heavy atom. The van der Waals surface area contributed by atoms with Gasteiger partial charge in [-0.05, 0) is 62.1 Å². The number of anilines is 1. The van der Waals surface area contributed by atoms with Gasteiger partial charge in [0.25, 0.3) is 5.91 Å². The molecule has 0 bridgehead atoms. The van der Waals surface area contributed by atoms with E-state index in [0.717, 1.165) is 30.4 Å². The number of hydrogen-bond donors (Lipinski definition) is 1. The van der Waals surface area contributed by atoms with E-state index in [0.29, 0.717) is 48.3 Å². The van der Waals surface area contributed by atoms with Crippen LogP contribution in [0.4, 0.5) is 5.82 Å². The Morgan fingerprint density at radius 3 is 2.50 bits per heavy atom. The Kier molecular flexibility index (Phi) is 6.98. The maximum atomic E-state index is 12.9. The molecule has 0 spiro atoms. The van der Waals surface area contributed by atoms with Crippen LogP contribution in [0.5, 0.6) is 0 Å². The third kappa shape index (κ3) is 4.82. The van der Waals surface area contributed by atoms with Gasteiger partial charge in [0.15, 0.2) is 0 Å². The molecule has 0 atom stereocenters. The van der Waals surface area contributed by atoms with E-state index < -0.39 is 10.0 Å². The van der Waals surface area contributed by atoms with Crippen LogP contribution < -0.4 is 9.62 Å². The zero-order chi connectivity index (χ0) is 24.5. The first-order chi connectivity index (χ1) is 16.3. The van der Waals surface area contributed by atoms with Gasteiger partial charge in [-0.2, -0.15) is 4.98 Å². The number of furan rings is 1. The van der Waals surface area contributed by atoms with Crippen molar-refractivity contribution in [3.63, 3.8) is 0 Å². The lowest BCUT2D eigenvalue weighted by atomic mass is 10.0. The highest BCUT2D eigenvalue weighted by Gasteiger charge is 2.34. The van der Waals surface area contributed by atoms with Gasteiger partial charge >= 0.3 is 0 Å². The highest BCUT2D eigenvalue weighted by Crippen LogP contribution is 2.46. The Hall–Kier alpha value is -2.87. The summed E-state index contributed by atoms with van der Waals surface area (Å²) in [6.45, 7) is 8.00. The van der Waals surface area contributed by atoms with Crippen molar-refractivity contribution in [2.45, 2.75) is 51.4 Å². The van der Waals surface area contributed by atoms with Crippen molar-refractivity contribution in [1.82, 2.24) is 10.3 Å².